The number of aliphatic hydroxyl groups excluding tert-OH is 1. The van der Waals surface area contributed by atoms with Gasteiger partial charge < -0.3 is 5.11 Å². The molecule has 0 saturated heterocycles. The molecule has 0 aromatic heterocycles. The first-order chi connectivity index (χ1) is 12.8. The molecule has 0 radical (unpaired) electrons. The number of benzene rings is 2. The van der Waals surface area contributed by atoms with Crippen LogP contribution in [0, 0.1) is 0 Å². The van der Waals surface area contributed by atoms with Gasteiger partial charge in [0, 0.05) is 5.92 Å². The maximum absolute atomic E-state index is 10.0. The van der Waals surface area contributed by atoms with Crippen molar-refractivity contribution in [3.05, 3.63) is 95.6 Å². The summed E-state index contributed by atoms with van der Waals surface area (Å²) in [4.78, 5) is 0. The monoisotopic (exact) mass is 348 g/mol. The minimum absolute atomic E-state index is 0.0504. The highest BCUT2D eigenvalue weighted by Crippen LogP contribution is 2.26. The molecule has 0 aliphatic heterocycles. The predicted molar refractivity (Wildman–Crippen MR) is 112 cm³/mol. The Hall–Kier alpha value is -2.12. The smallest absolute Gasteiger partial charge is 0.0540 e. The summed E-state index contributed by atoms with van der Waals surface area (Å²) >= 11 is 0. The van der Waals surface area contributed by atoms with Crippen molar-refractivity contribution in [1.29, 1.82) is 0 Å². The first kappa shape index (κ1) is 20.2. The fourth-order valence-electron chi connectivity index (χ4n) is 3.20. The molecule has 1 atom stereocenters. The van der Waals surface area contributed by atoms with E-state index in [1.807, 2.05) is 24.3 Å². The molecule has 2 aromatic rings. The topological polar surface area (TPSA) is 20.2 Å². The Balaban J connectivity index is 2.10. The second kappa shape index (κ2) is 12.3. The maximum Gasteiger partial charge on any atom is 0.0540 e. The molecule has 1 N–H and O–H groups in total. The van der Waals surface area contributed by atoms with E-state index in [-0.39, 0.29) is 12.5 Å². The van der Waals surface area contributed by atoms with Crippen LogP contribution in [0.15, 0.2) is 84.5 Å². The molecule has 0 saturated carbocycles. The largest absolute Gasteiger partial charge is 0.395 e. The van der Waals surface area contributed by atoms with Crippen LogP contribution in [0.1, 0.15) is 56.1 Å². The summed E-state index contributed by atoms with van der Waals surface area (Å²) in [5, 5.41) is 10.0. The van der Waals surface area contributed by atoms with Gasteiger partial charge in [-0.1, -0.05) is 105 Å². The van der Waals surface area contributed by atoms with Crippen LogP contribution in [-0.4, -0.2) is 11.7 Å². The lowest BCUT2D eigenvalue weighted by molar-refractivity contribution is 0.280. The first-order valence-corrected chi connectivity index (χ1v) is 9.91. The number of rotatable bonds is 11. The molecular weight excluding hydrogens is 316 g/mol. The zero-order chi connectivity index (χ0) is 18.5. The van der Waals surface area contributed by atoms with Gasteiger partial charge in [0.05, 0.1) is 6.61 Å². The van der Waals surface area contributed by atoms with E-state index in [0.717, 1.165) is 12.8 Å². The molecule has 0 spiro atoms. The summed E-state index contributed by atoms with van der Waals surface area (Å²) in [7, 11) is 0. The number of hydrogen-bond acceptors (Lipinski definition) is 1. The molecule has 0 aliphatic rings. The molecular formula is C25H32O. The van der Waals surface area contributed by atoms with Gasteiger partial charge in [-0.25, -0.2) is 0 Å². The molecule has 0 aliphatic carbocycles. The zero-order valence-corrected chi connectivity index (χ0v) is 16.0. The highest BCUT2D eigenvalue weighted by Gasteiger charge is 2.13. The number of unbranched alkanes of at least 4 members (excludes halogenated alkanes) is 4. The van der Waals surface area contributed by atoms with Crippen LogP contribution in [0.5, 0.6) is 0 Å². The zero-order valence-electron chi connectivity index (χ0n) is 16.0. The molecule has 0 amide bonds. The van der Waals surface area contributed by atoms with Gasteiger partial charge in [-0.15, -0.1) is 0 Å². The van der Waals surface area contributed by atoms with E-state index in [0.29, 0.717) is 0 Å². The van der Waals surface area contributed by atoms with Crippen molar-refractivity contribution in [2.75, 3.05) is 6.61 Å². The molecule has 138 valence electrons. The van der Waals surface area contributed by atoms with Crippen molar-refractivity contribution in [1.82, 2.24) is 0 Å². The van der Waals surface area contributed by atoms with Crippen LogP contribution in [-0.2, 0) is 6.42 Å². The number of allylic oxidation sites excluding steroid dienone is 3. The van der Waals surface area contributed by atoms with Gasteiger partial charge in [0.1, 0.15) is 0 Å². The van der Waals surface area contributed by atoms with Crippen LogP contribution in [0.2, 0.25) is 0 Å². The average Bonchev–Trinajstić information content (AvgIpc) is 2.69. The Labute approximate surface area is 159 Å². The average molecular weight is 349 g/mol. The second-order valence-corrected chi connectivity index (χ2v) is 6.79. The molecule has 1 unspecified atom stereocenters. The Morgan fingerprint density at radius 3 is 2.27 bits per heavy atom. The third kappa shape index (κ3) is 7.01. The van der Waals surface area contributed by atoms with Gasteiger partial charge in [-0.2, -0.15) is 0 Å². The van der Waals surface area contributed by atoms with Gasteiger partial charge in [-0.05, 0) is 36.0 Å². The lowest BCUT2D eigenvalue weighted by atomic mass is 9.90. The van der Waals surface area contributed by atoms with Crippen molar-refractivity contribution >= 4 is 0 Å². The summed E-state index contributed by atoms with van der Waals surface area (Å²) < 4.78 is 0. The minimum Gasteiger partial charge on any atom is -0.395 e. The first-order valence-electron chi connectivity index (χ1n) is 9.91. The molecule has 2 aromatic carbocycles. The normalized spacial score (nSPS) is 13.2. The van der Waals surface area contributed by atoms with Gasteiger partial charge >= 0.3 is 0 Å². The van der Waals surface area contributed by atoms with Crippen LogP contribution >= 0.6 is 0 Å². The fourth-order valence-corrected chi connectivity index (χ4v) is 3.20. The number of aliphatic hydroxyl groups is 1. The van der Waals surface area contributed by atoms with Crippen LogP contribution < -0.4 is 0 Å². The Bertz CT molecular complexity index is 655. The summed E-state index contributed by atoms with van der Waals surface area (Å²) in [6.45, 7) is 2.38. The second-order valence-electron chi connectivity index (χ2n) is 6.79. The molecule has 26 heavy (non-hydrogen) atoms. The summed E-state index contributed by atoms with van der Waals surface area (Å²) in [5.41, 5.74) is 3.72. The lowest BCUT2D eigenvalue weighted by Crippen LogP contribution is -2.06. The van der Waals surface area contributed by atoms with Crippen molar-refractivity contribution in [2.45, 2.75) is 51.4 Å². The van der Waals surface area contributed by atoms with Crippen LogP contribution in [0.4, 0.5) is 0 Å². The Kier molecular flexibility index (Phi) is 9.53. The SMILES string of the molecule is CCCCCC/C=C(\C=C\Cc1ccccc1)C(CO)c1ccccc1. The lowest BCUT2D eigenvalue weighted by Gasteiger charge is -2.17. The van der Waals surface area contributed by atoms with Crippen molar-refractivity contribution in [3.8, 4) is 0 Å². The predicted octanol–water partition coefficient (Wildman–Crippen LogP) is 6.46. The van der Waals surface area contributed by atoms with E-state index in [4.69, 9.17) is 0 Å². The van der Waals surface area contributed by atoms with E-state index < -0.39 is 0 Å². The molecule has 0 bridgehead atoms. The highest BCUT2D eigenvalue weighted by atomic mass is 16.3. The van der Waals surface area contributed by atoms with E-state index in [1.54, 1.807) is 0 Å². The van der Waals surface area contributed by atoms with Crippen molar-refractivity contribution in [3.63, 3.8) is 0 Å². The third-order valence-corrected chi connectivity index (χ3v) is 4.73. The van der Waals surface area contributed by atoms with E-state index >= 15 is 0 Å². The minimum atomic E-state index is 0.0504. The van der Waals surface area contributed by atoms with Gasteiger partial charge in [0.2, 0.25) is 0 Å². The van der Waals surface area contributed by atoms with Gasteiger partial charge in [0.25, 0.3) is 0 Å². The summed E-state index contributed by atoms with van der Waals surface area (Å²) in [6.07, 6.45) is 13.8. The Morgan fingerprint density at radius 2 is 1.62 bits per heavy atom. The van der Waals surface area contributed by atoms with Crippen molar-refractivity contribution in [2.24, 2.45) is 0 Å². The van der Waals surface area contributed by atoms with E-state index in [2.05, 4.69) is 61.5 Å². The molecule has 0 heterocycles. The standard InChI is InChI=1S/C25H32O/c1-2-3-4-5-10-17-24(20-13-16-22-14-8-6-9-15-22)25(21-26)23-18-11-7-12-19-23/h6-9,11-15,17-20,25-26H,2-5,10,16,21H2,1H3/b20-13+,24-17+. The fraction of sp³-hybridized carbons (Fsp3) is 0.360. The Morgan fingerprint density at radius 1 is 0.923 bits per heavy atom. The van der Waals surface area contributed by atoms with E-state index in [1.165, 1.54) is 42.4 Å². The molecule has 1 nitrogen and oxygen atoms in total. The summed E-state index contributed by atoms with van der Waals surface area (Å²) in [6, 6.07) is 20.8. The van der Waals surface area contributed by atoms with Crippen molar-refractivity contribution < 1.29 is 5.11 Å². The molecule has 0 fully saturated rings. The van der Waals surface area contributed by atoms with Crippen LogP contribution in [0.3, 0.4) is 0 Å². The van der Waals surface area contributed by atoms with Gasteiger partial charge in [-0.3, -0.25) is 0 Å². The quantitative estimate of drug-likeness (QED) is 0.365. The number of hydrogen-bond donors (Lipinski definition) is 1. The molecule has 2 rings (SSSR count). The maximum atomic E-state index is 10.0. The van der Waals surface area contributed by atoms with E-state index in [9.17, 15) is 5.11 Å². The third-order valence-electron chi connectivity index (χ3n) is 4.73. The van der Waals surface area contributed by atoms with Gasteiger partial charge in [0.15, 0.2) is 0 Å². The summed E-state index contributed by atoms with van der Waals surface area (Å²) in [5.74, 6) is 0.0504. The highest BCUT2D eigenvalue weighted by molar-refractivity contribution is 5.35. The van der Waals surface area contributed by atoms with Crippen LogP contribution in [0.25, 0.3) is 0 Å². The molecule has 1 heteroatoms.